The molecule has 0 radical (unpaired) electrons. The second-order valence-electron chi connectivity index (χ2n) is 4.06. The van der Waals surface area contributed by atoms with E-state index >= 15 is 0 Å². The van der Waals surface area contributed by atoms with Gasteiger partial charge in [-0.2, -0.15) is 0 Å². The van der Waals surface area contributed by atoms with Gasteiger partial charge in [-0.25, -0.2) is 4.98 Å². The van der Waals surface area contributed by atoms with Gasteiger partial charge in [0.1, 0.15) is 6.61 Å². The zero-order valence-electron chi connectivity index (χ0n) is 10.5. The predicted octanol–water partition coefficient (Wildman–Crippen LogP) is 3.69. The van der Waals surface area contributed by atoms with Crippen molar-refractivity contribution in [3.8, 4) is 5.88 Å². The highest BCUT2D eigenvalue weighted by atomic mass is 35.5. The van der Waals surface area contributed by atoms with Gasteiger partial charge in [0, 0.05) is 23.8 Å². The summed E-state index contributed by atoms with van der Waals surface area (Å²) in [7, 11) is 1.86. The van der Waals surface area contributed by atoms with Crippen molar-refractivity contribution < 1.29 is 4.74 Å². The molecule has 0 aliphatic carbocycles. The van der Waals surface area contributed by atoms with E-state index in [2.05, 4.69) is 10.3 Å². The van der Waals surface area contributed by atoms with Crippen molar-refractivity contribution in [2.75, 3.05) is 7.05 Å². The van der Waals surface area contributed by atoms with Gasteiger partial charge in [-0.1, -0.05) is 35.3 Å². The molecule has 0 unspecified atom stereocenters. The van der Waals surface area contributed by atoms with Crippen LogP contribution in [0.1, 0.15) is 11.1 Å². The number of nitrogens with zero attached hydrogens (tertiary/aromatic N) is 1. The summed E-state index contributed by atoms with van der Waals surface area (Å²) in [5.74, 6) is 0.551. The third-order valence-electron chi connectivity index (χ3n) is 2.55. The number of aromatic nitrogens is 1. The second kappa shape index (κ2) is 6.75. The Morgan fingerprint density at radius 3 is 2.84 bits per heavy atom. The molecule has 0 aliphatic rings. The lowest BCUT2D eigenvalue weighted by molar-refractivity contribution is 0.293. The van der Waals surface area contributed by atoms with Crippen molar-refractivity contribution in [1.29, 1.82) is 0 Å². The van der Waals surface area contributed by atoms with E-state index < -0.39 is 0 Å². The van der Waals surface area contributed by atoms with Crippen LogP contribution in [0.4, 0.5) is 0 Å². The Morgan fingerprint density at radius 2 is 2.11 bits per heavy atom. The first-order valence-electron chi connectivity index (χ1n) is 5.85. The fourth-order valence-corrected chi connectivity index (χ4v) is 2.03. The summed E-state index contributed by atoms with van der Waals surface area (Å²) in [6.45, 7) is 1.10. The first-order chi connectivity index (χ1) is 9.19. The molecule has 2 rings (SSSR count). The maximum absolute atomic E-state index is 6.04. The van der Waals surface area contributed by atoms with Crippen LogP contribution >= 0.6 is 23.2 Å². The summed E-state index contributed by atoms with van der Waals surface area (Å²) in [6, 6.07) is 9.38. The van der Waals surface area contributed by atoms with Gasteiger partial charge in [-0.3, -0.25) is 0 Å². The van der Waals surface area contributed by atoms with E-state index in [1.54, 1.807) is 6.20 Å². The summed E-state index contributed by atoms with van der Waals surface area (Å²) in [4.78, 5) is 4.14. The molecule has 0 saturated carbocycles. The van der Waals surface area contributed by atoms with E-state index in [0.29, 0.717) is 29.1 Å². The Hall–Kier alpha value is -1.29. The number of nitrogens with one attached hydrogen (secondary N) is 1. The van der Waals surface area contributed by atoms with Crippen LogP contribution in [0.5, 0.6) is 5.88 Å². The van der Waals surface area contributed by atoms with E-state index in [0.717, 1.165) is 11.1 Å². The first kappa shape index (κ1) is 14.1. The van der Waals surface area contributed by atoms with Gasteiger partial charge in [0.05, 0.1) is 5.02 Å². The molecule has 0 aliphatic heterocycles. The number of pyridine rings is 1. The highest BCUT2D eigenvalue weighted by Crippen LogP contribution is 2.20. The lowest BCUT2D eigenvalue weighted by atomic mass is 10.2. The lowest BCUT2D eigenvalue weighted by Crippen LogP contribution is -2.06. The first-order valence-corrected chi connectivity index (χ1v) is 6.61. The minimum atomic E-state index is 0.425. The molecular weight excluding hydrogens is 283 g/mol. The quantitative estimate of drug-likeness (QED) is 0.914. The third-order valence-corrected chi connectivity index (χ3v) is 3.13. The minimum absolute atomic E-state index is 0.425. The number of ether oxygens (including phenoxy) is 1. The largest absolute Gasteiger partial charge is 0.473 e. The number of rotatable bonds is 5. The number of hydrogen-bond acceptors (Lipinski definition) is 3. The number of halogens is 2. The van der Waals surface area contributed by atoms with E-state index in [1.165, 1.54) is 0 Å². The van der Waals surface area contributed by atoms with Gasteiger partial charge >= 0.3 is 0 Å². The fourth-order valence-electron chi connectivity index (χ4n) is 1.65. The van der Waals surface area contributed by atoms with Crippen molar-refractivity contribution in [3.05, 3.63) is 57.7 Å². The molecule has 1 N–H and O–H groups in total. The Labute approximate surface area is 122 Å². The SMILES string of the molecule is CNCc1cc(OCc2cccc(Cl)c2)ncc1Cl. The molecule has 19 heavy (non-hydrogen) atoms. The Kier molecular flexibility index (Phi) is 5.02. The molecule has 1 aromatic heterocycles. The summed E-state index contributed by atoms with van der Waals surface area (Å²) in [5.41, 5.74) is 1.96. The van der Waals surface area contributed by atoms with E-state index in [1.807, 2.05) is 37.4 Å². The smallest absolute Gasteiger partial charge is 0.213 e. The second-order valence-corrected chi connectivity index (χ2v) is 4.91. The molecule has 5 heteroatoms. The van der Waals surface area contributed by atoms with Gasteiger partial charge in [0.15, 0.2) is 0 Å². The van der Waals surface area contributed by atoms with Crippen LogP contribution in [0.15, 0.2) is 36.5 Å². The molecule has 0 spiro atoms. The molecule has 2 aromatic rings. The van der Waals surface area contributed by atoms with Crippen LogP contribution in [0, 0.1) is 0 Å². The molecule has 1 heterocycles. The molecule has 1 aromatic carbocycles. The van der Waals surface area contributed by atoms with Crippen LogP contribution in [0.3, 0.4) is 0 Å². The number of benzene rings is 1. The maximum Gasteiger partial charge on any atom is 0.213 e. The molecule has 0 atom stereocenters. The zero-order chi connectivity index (χ0) is 13.7. The van der Waals surface area contributed by atoms with Crippen molar-refractivity contribution in [3.63, 3.8) is 0 Å². The summed E-state index contributed by atoms with van der Waals surface area (Å²) in [5, 5.41) is 4.37. The van der Waals surface area contributed by atoms with Crippen molar-refractivity contribution in [2.24, 2.45) is 0 Å². The Morgan fingerprint density at radius 1 is 1.26 bits per heavy atom. The van der Waals surface area contributed by atoms with Gasteiger partial charge in [0.2, 0.25) is 5.88 Å². The van der Waals surface area contributed by atoms with Crippen molar-refractivity contribution in [1.82, 2.24) is 10.3 Å². The third kappa shape index (κ3) is 4.10. The van der Waals surface area contributed by atoms with Gasteiger partial charge in [0.25, 0.3) is 0 Å². The average molecular weight is 297 g/mol. The van der Waals surface area contributed by atoms with Crippen LogP contribution in [0.2, 0.25) is 10.0 Å². The number of hydrogen-bond donors (Lipinski definition) is 1. The average Bonchev–Trinajstić information content (AvgIpc) is 2.40. The Balaban J connectivity index is 2.05. The Bertz CT molecular complexity index is 561. The molecule has 100 valence electrons. The van der Waals surface area contributed by atoms with E-state index in [9.17, 15) is 0 Å². The van der Waals surface area contributed by atoms with Crippen LogP contribution in [0.25, 0.3) is 0 Å². The summed E-state index contributed by atoms with van der Waals surface area (Å²) < 4.78 is 5.63. The summed E-state index contributed by atoms with van der Waals surface area (Å²) >= 11 is 12.0. The predicted molar refractivity (Wildman–Crippen MR) is 77.8 cm³/mol. The lowest BCUT2D eigenvalue weighted by Gasteiger charge is -2.08. The normalized spacial score (nSPS) is 10.5. The topological polar surface area (TPSA) is 34.1 Å². The molecular formula is C14H14Cl2N2O. The zero-order valence-corrected chi connectivity index (χ0v) is 12.0. The molecule has 0 saturated heterocycles. The standard InChI is InChI=1S/C14H14Cl2N2O/c1-17-7-11-6-14(18-8-13(11)16)19-9-10-3-2-4-12(15)5-10/h2-6,8,17H,7,9H2,1H3. The molecule has 0 amide bonds. The molecule has 3 nitrogen and oxygen atoms in total. The van der Waals surface area contributed by atoms with Crippen molar-refractivity contribution in [2.45, 2.75) is 13.2 Å². The molecule has 0 fully saturated rings. The van der Waals surface area contributed by atoms with Crippen LogP contribution < -0.4 is 10.1 Å². The van der Waals surface area contributed by atoms with Gasteiger partial charge in [-0.05, 0) is 30.3 Å². The minimum Gasteiger partial charge on any atom is -0.473 e. The van der Waals surface area contributed by atoms with Gasteiger partial charge < -0.3 is 10.1 Å². The monoisotopic (exact) mass is 296 g/mol. The van der Waals surface area contributed by atoms with Crippen LogP contribution in [-0.4, -0.2) is 12.0 Å². The molecule has 0 bridgehead atoms. The van der Waals surface area contributed by atoms with Crippen LogP contribution in [-0.2, 0) is 13.2 Å². The highest BCUT2D eigenvalue weighted by Gasteiger charge is 2.04. The highest BCUT2D eigenvalue weighted by molar-refractivity contribution is 6.31. The summed E-state index contributed by atoms with van der Waals surface area (Å²) in [6.07, 6.45) is 1.60. The van der Waals surface area contributed by atoms with E-state index in [-0.39, 0.29) is 0 Å². The van der Waals surface area contributed by atoms with E-state index in [4.69, 9.17) is 27.9 Å². The van der Waals surface area contributed by atoms with Gasteiger partial charge in [-0.15, -0.1) is 0 Å². The fraction of sp³-hybridized carbons (Fsp3) is 0.214. The maximum atomic E-state index is 6.04. The van der Waals surface area contributed by atoms with Crippen molar-refractivity contribution >= 4 is 23.2 Å².